The lowest BCUT2D eigenvalue weighted by Crippen LogP contribution is -2.49. The molecular weight excluding hydrogens is 234 g/mol. The summed E-state index contributed by atoms with van der Waals surface area (Å²) in [7, 11) is 0. The third-order valence-corrected chi connectivity index (χ3v) is 4.48. The van der Waals surface area contributed by atoms with E-state index in [9.17, 15) is 9.59 Å². The van der Waals surface area contributed by atoms with Crippen molar-refractivity contribution < 1.29 is 19.8 Å². The second-order valence-electron chi connectivity index (χ2n) is 5.67. The van der Waals surface area contributed by atoms with Gasteiger partial charge in [0.2, 0.25) is 0 Å². The highest BCUT2D eigenvalue weighted by molar-refractivity contribution is 5.73. The fourth-order valence-corrected chi connectivity index (χ4v) is 3.44. The van der Waals surface area contributed by atoms with Crippen LogP contribution >= 0.6 is 0 Å². The zero-order valence-corrected chi connectivity index (χ0v) is 10.5. The number of carboxylic acid groups (broad SMARTS) is 2. The summed E-state index contributed by atoms with van der Waals surface area (Å²) in [4.78, 5) is 21.6. The summed E-state index contributed by atoms with van der Waals surface area (Å²) in [6.07, 6.45) is 4.88. The van der Waals surface area contributed by atoms with Crippen molar-refractivity contribution in [2.45, 2.75) is 44.6 Å². The van der Waals surface area contributed by atoms with Crippen LogP contribution in [0.25, 0.3) is 0 Å². The highest BCUT2D eigenvalue weighted by Crippen LogP contribution is 2.40. The average Bonchev–Trinajstić information content (AvgIpc) is 2.35. The fraction of sp³-hybridized carbons (Fsp3) is 0.846. The maximum Gasteiger partial charge on any atom is 0.320 e. The number of carbonyl (C=O) groups is 2. The Bertz CT molecular complexity index is 331. The molecular formula is C13H21NO4. The minimum Gasteiger partial charge on any atom is -0.481 e. The lowest BCUT2D eigenvalue weighted by molar-refractivity contribution is -0.141. The van der Waals surface area contributed by atoms with Crippen molar-refractivity contribution in [3.05, 3.63) is 0 Å². The first-order chi connectivity index (χ1) is 8.56. The summed E-state index contributed by atoms with van der Waals surface area (Å²) in [5.41, 5.74) is 0. The SMILES string of the molecule is O=C(O)CCC1CCC2CNC(C(=O)O)CC2C1. The summed E-state index contributed by atoms with van der Waals surface area (Å²) in [6.45, 7) is 0.799. The molecule has 4 atom stereocenters. The number of hydrogen-bond acceptors (Lipinski definition) is 3. The maximum absolute atomic E-state index is 11.0. The van der Waals surface area contributed by atoms with Crippen molar-refractivity contribution in [2.24, 2.45) is 17.8 Å². The van der Waals surface area contributed by atoms with Gasteiger partial charge in [0.05, 0.1) is 0 Å². The molecule has 1 heterocycles. The Morgan fingerprint density at radius 1 is 1.11 bits per heavy atom. The number of hydrogen-bond donors (Lipinski definition) is 3. The van der Waals surface area contributed by atoms with Crippen LogP contribution in [0.2, 0.25) is 0 Å². The molecule has 102 valence electrons. The van der Waals surface area contributed by atoms with Crippen molar-refractivity contribution in [3.8, 4) is 0 Å². The minimum atomic E-state index is -0.763. The predicted octanol–water partition coefficient (Wildman–Crippen LogP) is 1.33. The Morgan fingerprint density at radius 3 is 2.56 bits per heavy atom. The van der Waals surface area contributed by atoms with E-state index in [1.165, 1.54) is 0 Å². The Labute approximate surface area is 107 Å². The van der Waals surface area contributed by atoms with Gasteiger partial charge in [-0.05, 0) is 50.0 Å². The van der Waals surface area contributed by atoms with Crippen LogP contribution in [0.15, 0.2) is 0 Å². The van der Waals surface area contributed by atoms with E-state index in [-0.39, 0.29) is 6.42 Å². The van der Waals surface area contributed by atoms with E-state index in [0.717, 1.165) is 32.2 Å². The molecule has 1 aliphatic heterocycles. The first-order valence-corrected chi connectivity index (χ1v) is 6.74. The van der Waals surface area contributed by atoms with Crippen LogP contribution in [0.5, 0.6) is 0 Å². The molecule has 4 unspecified atom stereocenters. The standard InChI is InChI=1S/C13H21NO4/c15-12(16)4-2-8-1-3-9-7-14-11(13(17)18)6-10(9)5-8/h8-11,14H,1-7H2,(H,15,16)(H,17,18). The second-order valence-corrected chi connectivity index (χ2v) is 5.67. The largest absolute Gasteiger partial charge is 0.481 e. The molecule has 5 heteroatoms. The number of fused-ring (bicyclic) bond motifs is 1. The summed E-state index contributed by atoms with van der Waals surface area (Å²) in [6, 6.07) is -0.413. The fourth-order valence-electron chi connectivity index (χ4n) is 3.44. The zero-order valence-electron chi connectivity index (χ0n) is 10.5. The molecule has 2 rings (SSSR count). The third kappa shape index (κ3) is 3.22. The molecule has 1 saturated heterocycles. The van der Waals surface area contributed by atoms with Crippen LogP contribution in [-0.4, -0.2) is 34.7 Å². The highest BCUT2D eigenvalue weighted by Gasteiger charge is 2.37. The van der Waals surface area contributed by atoms with Gasteiger partial charge >= 0.3 is 11.9 Å². The van der Waals surface area contributed by atoms with Gasteiger partial charge in [-0.15, -0.1) is 0 Å². The number of piperidine rings is 1. The van der Waals surface area contributed by atoms with Crippen LogP contribution in [0.3, 0.4) is 0 Å². The molecule has 0 radical (unpaired) electrons. The highest BCUT2D eigenvalue weighted by atomic mass is 16.4. The van der Waals surface area contributed by atoms with Gasteiger partial charge in [-0.2, -0.15) is 0 Å². The van der Waals surface area contributed by atoms with E-state index < -0.39 is 18.0 Å². The molecule has 0 aromatic carbocycles. The average molecular weight is 255 g/mol. The van der Waals surface area contributed by atoms with Crippen LogP contribution in [0.1, 0.15) is 38.5 Å². The molecule has 3 N–H and O–H groups in total. The zero-order chi connectivity index (χ0) is 13.1. The third-order valence-electron chi connectivity index (χ3n) is 4.48. The Hall–Kier alpha value is -1.10. The Kier molecular flexibility index (Phi) is 4.22. The van der Waals surface area contributed by atoms with Crippen LogP contribution in [-0.2, 0) is 9.59 Å². The van der Waals surface area contributed by atoms with Gasteiger partial charge in [0.15, 0.2) is 0 Å². The number of carboxylic acids is 2. The predicted molar refractivity (Wildman–Crippen MR) is 65.2 cm³/mol. The molecule has 1 saturated carbocycles. The molecule has 5 nitrogen and oxygen atoms in total. The van der Waals surface area contributed by atoms with E-state index in [1.54, 1.807) is 0 Å². The lowest BCUT2D eigenvalue weighted by Gasteiger charge is -2.41. The Morgan fingerprint density at radius 2 is 1.89 bits per heavy atom. The van der Waals surface area contributed by atoms with Crippen molar-refractivity contribution in [1.82, 2.24) is 5.32 Å². The first-order valence-electron chi connectivity index (χ1n) is 6.74. The smallest absolute Gasteiger partial charge is 0.320 e. The first kappa shape index (κ1) is 13.3. The Balaban J connectivity index is 1.85. The summed E-state index contributed by atoms with van der Waals surface area (Å²) >= 11 is 0. The molecule has 2 fully saturated rings. The van der Waals surface area contributed by atoms with Crippen molar-refractivity contribution >= 4 is 11.9 Å². The van der Waals surface area contributed by atoms with E-state index in [1.807, 2.05) is 0 Å². The summed E-state index contributed by atoms with van der Waals surface area (Å²) in [5.74, 6) is 0.0171. The van der Waals surface area contributed by atoms with Gasteiger partial charge in [-0.25, -0.2) is 0 Å². The molecule has 0 spiro atoms. The number of rotatable bonds is 4. The van der Waals surface area contributed by atoms with E-state index in [2.05, 4.69) is 5.32 Å². The number of nitrogens with one attached hydrogen (secondary N) is 1. The molecule has 0 amide bonds. The maximum atomic E-state index is 11.0. The summed E-state index contributed by atoms with van der Waals surface area (Å²) in [5, 5.41) is 20.8. The van der Waals surface area contributed by atoms with Gasteiger partial charge < -0.3 is 15.5 Å². The lowest BCUT2D eigenvalue weighted by atomic mass is 9.69. The van der Waals surface area contributed by atoms with Gasteiger partial charge in [-0.1, -0.05) is 6.42 Å². The molecule has 2 aliphatic rings. The van der Waals surface area contributed by atoms with E-state index in [4.69, 9.17) is 10.2 Å². The van der Waals surface area contributed by atoms with E-state index >= 15 is 0 Å². The molecule has 0 bridgehead atoms. The van der Waals surface area contributed by atoms with Crippen molar-refractivity contribution in [3.63, 3.8) is 0 Å². The van der Waals surface area contributed by atoms with Crippen LogP contribution < -0.4 is 5.32 Å². The summed E-state index contributed by atoms with van der Waals surface area (Å²) < 4.78 is 0. The van der Waals surface area contributed by atoms with Crippen LogP contribution in [0.4, 0.5) is 0 Å². The van der Waals surface area contributed by atoms with Gasteiger partial charge in [0, 0.05) is 6.42 Å². The van der Waals surface area contributed by atoms with Gasteiger partial charge in [0.1, 0.15) is 6.04 Å². The van der Waals surface area contributed by atoms with Crippen LogP contribution in [0, 0.1) is 17.8 Å². The van der Waals surface area contributed by atoms with Crippen molar-refractivity contribution in [2.75, 3.05) is 6.54 Å². The second kappa shape index (κ2) is 5.69. The number of aliphatic carboxylic acids is 2. The van der Waals surface area contributed by atoms with Gasteiger partial charge in [0.25, 0.3) is 0 Å². The van der Waals surface area contributed by atoms with E-state index in [0.29, 0.717) is 24.2 Å². The molecule has 0 aromatic rings. The van der Waals surface area contributed by atoms with Crippen molar-refractivity contribution in [1.29, 1.82) is 0 Å². The molecule has 0 aromatic heterocycles. The topological polar surface area (TPSA) is 86.6 Å². The molecule has 1 aliphatic carbocycles. The quantitative estimate of drug-likeness (QED) is 0.705. The minimum absolute atomic E-state index is 0.239. The molecule has 18 heavy (non-hydrogen) atoms. The monoisotopic (exact) mass is 255 g/mol. The van der Waals surface area contributed by atoms with Gasteiger partial charge in [-0.3, -0.25) is 9.59 Å². The normalized spacial score (nSPS) is 35.8.